The minimum absolute atomic E-state index is 0.251. The van der Waals surface area contributed by atoms with Crippen molar-refractivity contribution in [2.45, 2.75) is 6.42 Å². The number of aromatic nitrogens is 1. The molecule has 0 N–H and O–H groups in total. The molecule has 0 spiro atoms. The quantitative estimate of drug-likeness (QED) is 0.666. The molecular formula is C6H6ClNO2S. The number of hydrogen-bond donors (Lipinski definition) is 0. The van der Waals surface area contributed by atoms with Gasteiger partial charge in [-0.3, -0.25) is 4.79 Å². The molecule has 11 heavy (non-hydrogen) atoms. The van der Waals surface area contributed by atoms with Crippen LogP contribution in [0.3, 0.4) is 0 Å². The normalized spacial score (nSPS) is 9.64. The van der Waals surface area contributed by atoms with Gasteiger partial charge in [-0.15, -0.1) is 11.3 Å². The van der Waals surface area contributed by atoms with Gasteiger partial charge in [0, 0.05) is 11.1 Å². The highest BCUT2D eigenvalue weighted by atomic mass is 35.5. The van der Waals surface area contributed by atoms with Crippen molar-refractivity contribution < 1.29 is 9.53 Å². The maximum absolute atomic E-state index is 10.7. The van der Waals surface area contributed by atoms with Crippen LogP contribution in [-0.4, -0.2) is 18.1 Å². The molecule has 0 saturated heterocycles. The zero-order chi connectivity index (χ0) is 8.27. The molecule has 0 unspecified atom stereocenters. The lowest BCUT2D eigenvalue weighted by Gasteiger charge is -1.92. The molecule has 0 saturated carbocycles. The zero-order valence-corrected chi connectivity index (χ0v) is 7.41. The SMILES string of the molecule is COC(=O)Cc1cnc(Cl)s1. The third-order valence-corrected chi connectivity index (χ3v) is 2.19. The van der Waals surface area contributed by atoms with E-state index in [1.807, 2.05) is 0 Å². The Labute approximate surface area is 73.0 Å². The van der Waals surface area contributed by atoms with Crippen LogP contribution in [0.25, 0.3) is 0 Å². The van der Waals surface area contributed by atoms with Crippen LogP contribution in [0, 0.1) is 0 Å². The van der Waals surface area contributed by atoms with E-state index in [9.17, 15) is 4.79 Å². The van der Waals surface area contributed by atoms with Crippen LogP contribution < -0.4 is 0 Å². The van der Waals surface area contributed by atoms with E-state index in [4.69, 9.17) is 11.6 Å². The van der Waals surface area contributed by atoms with Crippen LogP contribution >= 0.6 is 22.9 Å². The third-order valence-electron chi connectivity index (χ3n) is 1.07. The fraction of sp³-hybridized carbons (Fsp3) is 0.333. The minimum atomic E-state index is -0.273. The highest BCUT2D eigenvalue weighted by Gasteiger charge is 2.05. The largest absolute Gasteiger partial charge is 0.469 e. The zero-order valence-electron chi connectivity index (χ0n) is 5.83. The molecule has 5 heteroatoms. The average Bonchev–Trinajstić information content (AvgIpc) is 2.35. The lowest BCUT2D eigenvalue weighted by Crippen LogP contribution is -2.02. The predicted molar refractivity (Wildman–Crippen MR) is 42.8 cm³/mol. The number of nitrogens with zero attached hydrogens (tertiary/aromatic N) is 1. The van der Waals surface area contributed by atoms with Crippen LogP contribution in [0.2, 0.25) is 4.47 Å². The Morgan fingerprint density at radius 2 is 2.64 bits per heavy atom. The van der Waals surface area contributed by atoms with Crippen LogP contribution in [0.4, 0.5) is 0 Å². The topological polar surface area (TPSA) is 39.2 Å². The molecule has 1 aromatic rings. The third kappa shape index (κ3) is 2.48. The molecule has 1 rings (SSSR count). The minimum Gasteiger partial charge on any atom is -0.469 e. The van der Waals surface area contributed by atoms with Crippen molar-refractivity contribution in [3.63, 3.8) is 0 Å². The molecule has 3 nitrogen and oxygen atoms in total. The van der Waals surface area contributed by atoms with Crippen molar-refractivity contribution in [3.05, 3.63) is 15.5 Å². The molecule has 0 amide bonds. The number of halogens is 1. The summed E-state index contributed by atoms with van der Waals surface area (Å²) in [7, 11) is 1.35. The second-order valence-electron chi connectivity index (χ2n) is 1.83. The maximum atomic E-state index is 10.7. The Morgan fingerprint density at radius 3 is 3.09 bits per heavy atom. The Bertz CT molecular complexity index is 261. The van der Waals surface area contributed by atoms with Gasteiger partial charge in [0.05, 0.1) is 13.5 Å². The number of ether oxygens (including phenoxy) is 1. The van der Waals surface area contributed by atoms with Crippen LogP contribution in [0.1, 0.15) is 4.88 Å². The Balaban J connectivity index is 2.57. The standard InChI is InChI=1S/C6H6ClNO2S/c1-10-5(9)2-4-3-8-6(7)11-4/h3H,2H2,1H3. The average molecular weight is 192 g/mol. The van der Waals surface area contributed by atoms with E-state index in [2.05, 4.69) is 9.72 Å². The maximum Gasteiger partial charge on any atom is 0.310 e. The van der Waals surface area contributed by atoms with Gasteiger partial charge in [-0.1, -0.05) is 11.6 Å². The van der Waals surface area contributed by atoms with E-state index in [0.29, 0.717) is 4.47 Å². The molecule has 0 radical (unpaired) electrons. The molecule has 0 aliphatic carbocycles. The van der Waals surface area contributed by atoms with E-state index in [-0.39, 0.29) is 12.4 Å². The summed E-state index contributed by atoms with van der Waals surface area (Å²) in [4.78, 5) is 15.3. The first kappa shape index (κ1) is 8.49. The summed E-state index contributed by atoms with van der Waals surface area (Å²) in [5.41, 5.74) is 0. The first-order valence-corrected chi connectivity index (χ1v) is 4.09. The van der Waals surface area contributed by atoms with Gasteiger partial charge >= 0.3 is 5.97 Å². The van der Waals surface area contributed by atoms with Crippen molar-refractivity contribution in [2.75, 3.05) is 7.11 Å². The summed E-state index contributed by atoms with van der Waals surface area (Å²) < 4.78 is 4.91. The van der Waals surface area contributed by atoms with Crippen LogP contribution in [0.15, 0.2) is 6.20 Å². The van der Waals surface area contributed by atoms with Crippen LogP contribution in [0.5, 0.6) is 0 Å². The smallest absolute Gasteiger partial charge is 0.310 e. The van der Waals surface area contributed by atoms with E-state index >= 15 is 0 Å². The Hall–Kier alpha value is -0.610. The van der Waals surface area contributed by atoms with Crippen molar-refractivity contribution in [1.82, 2.24) is 4.98 Å². The highest BCUT2D eigenvalue weighted by Crippen LogP contribution is 2.17. The van der Waals surface area contributed by atoms with Gasteiger partial charge in [0.2, 0.25) is 0 Å². The fourth-order valence-corrected chi connectivity index (χ4v) is 1.54. The molecule has 1 heterocycles. The van der Waals surface area contributed by atoms with Gasteiger partial charge in [0.1, 0.15) is 0 Å². The second kappa shape index (κ2) is 3.69. The number of carbonyl (C=O) groups is 1. The number of carbonyl (C=O) groups excluding carboxylic acids is 1. The van der Waals surface area contributed by atoms with Gasteiger partial charge < -0.3 is 4.74 Å². The van der Waals surface area contributed by atoms with Gasteiger partial charge in [-0.2, -0.15) is 0 Å². The molecule has 0 bridgehead atoms. The first-order valence-electron chi connectivity index (χ1n) is 2.89. The van der Waals surface area contributed by atoms with E-state index in [0.717, 1.165) is 4.88 Å². The Morgan fingerprint density at radius 1 is 1.91 bits per heavy atom. The van der Waals surface area contributed by atoms with Gasteiger partial charge in [-0.25, -0.2) is 4.98 Å². The molecule has 0 aromatic carbocycles. The first-order chi connectivity index (χ1) is 5.22. The predicted octanol–water partition coefficient (Wildman–Crippen LogP) is 1.51. The molecule has 1 aromatic heterocycles. The summed E-state index contributed by atoms with van der Waals surface area (Å²) in [6.07, 6.45) is 1.82. The summed E-state index contributed by atoms with van der Waals surface area (Å²) in [5.74, 6) is -0.273. The van der Waals surface area contributed by atoms with Crippen molar-refractivity contribution in [1.29, 1.82) is 0 Å². The van der Waals surface area contributed by atoms with Crippen molar-refractivity contribution in [3.8, 4) is 0 Å². The lowest BCUT2D eigenvalue weighted by molar-refractivity contribution is -0.139. The van der Waals surface area contributed by atoms with E-state index < -0.39 is 0 Å². The second-order valence-corrected chi connectivity index (χ2v) is 3.53. The summed E-state index contributed by atoms with van der Waals surface area (Å²) in [6.45, 7) is 0. The fourth-order valence-electron chi connectivity index (χ4n) is 0.580. The van der Waals surface area contributed by atoms with Gasteiger partial charge in [0.25, 0.3) is 0 Å². The number of esters is 1. The summed E-state index contributed by atoms with van der Waals surface area (Å²) in [5, 5.41) is 0. The molecule has 0 aliphatic heterocycles. The van der Waals surface area contributed by atoms with Gasteiger partial charge in [0.15, 0.2) is 4.47 Å². The van der Waals surface area contributed by atoms with Crippen molar-refractivity contribution in [2.24, 2.45) is 0 Å². The van der Waals surface area contributed by atoms with E-state index in [1.54, 1.807) is 6.20 Å². The number of methoxy groups -OCH3 is 1. The molecule has 60 valence electrons. The molecule has 0 atom stereocenters. The number of thiazole rings is 1. The molecule has 0 aliphatic rings. The summed E-state index contributed by atoms with van der Waals surface area (Å²) in [6, 6.07) is 0. The molecular weight excluding hydrogens is 186 g/mol. The number of rotatable bonds is 2. The van der Waals surface area contributed by atoms with Crippen LogP contribution in [-0.2, 0) is 16.0 Å². The summed E-state index contributed by atoms with van der Waals surface area (Å²) >= 11 is 6.83. The highest BCUT2D eigenvalue weighted by molar-refractivity contribution is 7.15. The van der Waals surface area contributed by atoms with E-state index in [1.165, 1.54) is 18.4 Å². The monoisotopic (exact) mass is 191 g/mol. The van der Waals surface area contributed by atoms with Crippen molar-refractivity contribution >= 4 is 28.9 Å². The number of hydrogen-bond acceptors (Lipinski definition) is 4. The lowest BCUT2D eigenvalue weighted by atomic mass is 10.4. The molecule has 0 fully saturated rings. The Kier molecular flexibility index (Phi) is 2.84. The van der Waals surface area contributed by atoms with Gasteiger partial charge in [-0.05, 0) is 0 Å².